The van der Waals surface area contributed by atoms with Crippen LogP contribution in [-0.4, -0.2) is 30.5 Å². The molecule has 0 fully saturated rings. The van der Waals surface area contributed by atoms with Crippen molar-refractivity contribution in [2.24, 2.45) is 0 Å². The van der Waals surface area contributed by atoms with Crippen molar-refractivity contribution < 1.29 is 33.0 Å². The number of benzene rings is 2. The summed E-state index contributed by atoms with van der Waals surface area (Å²) in [6, 6.07) is 13.4. The van der Waals surface area contributed by atoms with Crippen LogP contribution in [-0.2, 0) is 26.4 Å². The maximum atomic E-state index is 12.3. The van der Waals surface area contributed by atoms with Crippen LogP contribution >= 0.6 is 0 Å². The smallest absolute Gasteiger partial charge is 0.352 e. The molecule has 2 aromatic carbocycles. The van der Waals surface area contributed by atoms with Crippen molar-refractivity contribution in [1.82, 2.24) is 10.0 Å². The largest absolute Gasteiger partial charge is 0.493 e. The van der Waals surface area contributed by atoms with Crippen LogP contribution in [0.3, 0.4) is 0 Å². The molecular weight excluding hydrogens is 426 g/mol. The molecule has 11 heteroatoms. The number of carbonyl (C=O) groups is 2. The van der Waals surface area contributed by atoms with E-state index in [1.165, 1.54) is 31.2 Å². The van der Waals surface area contributed by atoms with Gasteiger partial charge in [-0.2, -0.15) is 8.42 Å². The number of aliphatic hydroxyl groups is 1. The Kier molecular flexibility index (Phi) is 6.16. The molecule has 3 rings (SSSR count). The third-order valence-electron chi connectivity index (χ3n) is 4.04. The first-order valence-electron chi connectivity index (χ1n) is 8.92. The summed E-state index contributed by atoms with van der Waals surface area (Å²) < 4.78 is 33.1. The zero-order chi connectivity index (χ0) is 22.6. The van der Waals surface area contributed by atoms with Gasteiger partial charge in [0.05, 0.1) is 6.20 Å². The topological polar surface area (TPSA) is 145 Å². The second-order valence-electron chi connectivity index (χ2n) is 6.46. The average Bonchev–Trinajstić information content (AvgIpc) is 2.98. The number of carboxylic acid groups (broad SMARTS) is 1. The minimum absolute atomic E-state index is 0.0982. The molecule has 162 valence electrons. The van der Waals surface area contributed by atoms with Crippen LogP contribution in [0.25, 0.3) is 6.08 Å². The summed E-state index contributed by atoms with van der Waals surface area (Å²) in [5, 5.41) is 21.1. The van der Waals surface area contributed by atoms with Crippen LogP contribution in [0.2, 0.25) is 0 Å². The fourth-order valence-corrected chi connectivity index (χ4v) is 3.81. The summed E-state index contributed by atoms with van der Waals surface area (Å²) >= 11 is 0. The molecule has 10 nitrogen and oxygen atoms in total. The van der Waals surface area contributed by atoms with Gasteiger partial charge in [0.25, 0.3) is 0 Å². The van der Waals surface area contributed by atoms with Crippen molar-refractivity contribution in [1.29, 1.82) is 0 Å². The normalized spacial score (nSPS) is 15.1. The van der Waals surface area contributed by atoms with Gasteiger partial charge >= 0.3 is 16.2 Å². The molecular formula is C20H19N3O7S. The second kappa shape index (κ2) is 8.79. The number of anilines is 1. The van der Waals surface area contributed by atoms with Gasteiger partial charge in [0.1, 0.15) is 23.7 Å². The second-order valence-corrected chi connectivity index (χ2v) is 8.01. The van der Waals surface area contributed by atoms with Gasteiger partial charge in [0.2, 0.25) is 11.8 Å². The van der Waals surface area contributed by atoms with E-state index in [1.54, 1.807) is 0 Å². The van der Waals surface area contributed by atoms with Crippen LogP contribution in [0.1, 0.15) is 18.1 Å². The number of hydrogen-bond donors (Lipinski definition) is 4. The molecule has 2 aromatic rings. The van der Waals surface area contributed by atoms with Gasteiger partial charge in [-0.05, 0) is 29.3 Å². The maximum absolute atomic E-state index is 12.3. The third kappa shape index (κ3) is 5.34. The van der Waals surface area contributed by atoms with Crippen molar-refractivity contribution >= 4 is 33.8 Å². The minimum atomic E-state index is -4.07. The van der Waals surface area contributed by atoms with E-state index in [-0.39, 0.29) is 23.7 Å². The van der Waals surface area contributed by atoms with Crippen molar-refractivity contribution in [2.45, 2.75) is 13.5 Å². The summed E-state index contributed by atoms with van der Waals surface area (Å²) in [6.45, 7) is 1.29. The van der Waals surface area contributed by atoms with E-state index in [2.05, 4.69) is 5.32 Å². The van der Waals surface area contributed by atoms with Gasteiger partial charge in [-0.3, -0.25) is 4.79 Å². The van der Waals surface area contributed by atoms with E-state index in [0.29, 0.717) is 5.56 Å². The van der Waals surface area contributed by atoms with Crippen LogP contribution in [0.4, 0.5) is 5.69 Å². The van der Waals surface area contributed by atoms with Crippen LogP contribution in [0.5, 0.6) is 5.75 Å². The summed E-state index contributed by atoms with van der Waals surface area (Å²) in [4.78, 5) is 22.6. The molecule has 0 bridgehead atoms. The highest BCUT2D eigenvalue weighted by molar-refractivity contribution is 7.91. The number of nitrogens with one attached hydrogen (secondary N) is 2. The predicted molar refractivity (Wildman–Crippen MR) is 112 cm³/mol. The summed E-state index contributed by atoms with van der Waals surface area (Å²) in [7, 11) is -4.07. The fraction of sp³-hybridized carbons (Fsp3) is 0.100. The van der Waals surface area contributed by atoms with Gasteiger partial charge in [-0.25, -0.2) is 13.8 Å². The van der Waals surface area contributed by atoms with Gasteiger partial charge in [-0.15, -0.1) is 0 Å². The summed E-state index contributed by atoms with van der Waals surface area (Å²) in [6.07, 6.45) is 2.20. The number of carboxylic acids is 1. The molecule has 0 saturated carbocycles. The van der Waals surface area contributed by atoms with E-state index in [9.17, 15) is 28.2 Å². The predicted octanol–water partition coefficient (Wildman–Crippen LogP) is 1.84. The Morgan fingerprint density at radius 3 is 2.48 bits per heavy atom. The first-order chi connectivity index (χ1) is 14.7. The lowest BCUT2D eigenvalue weighted by Crippen LogP contribution is -2.30. The number of amides is 1. The zero-order valence-corrected chi connectivity index (χ0v) is 17.1. The quantitative estimate of drug-likeness (QED) is 0.476. The number of aliphatic hydroxyl groups excluding tert-OH is 1. The van der Waals surface area contributed by atoms with Gasteiger partial charge in [0.15, 0.2) is 0 Å². The van der Waals surface area contributed by atoms with E-state index >= 15 is 0 Å². The molecule has 31 heavy (non-hydrogen) atoms. The highest BCUT2D eigenvalue weighted by atomic mass is 32.2. The Labute approximate surface area is 178 Å². The van der Waals surface area contributed by atoms with Gasteiger partial charge < -0.3 is 20.3 Å². The van der Waals surface area contributed by atoms with Gasteiger partial charge in [0, 0.05) is 6.92 Å². The molecule has 0 aliphatic carbocycles. The lowest BCUT2D eigenvalue weighted by atomic mass is 10.1. The molecule has 4 N–H and O–H groups in total. The maximum Gasteiger partial charge on any atom is 0.352 e. The van der Waals surface area contributed by atoms with E-state index in [0.717, 1.165) is 16.1 Å². The molecule has 1 aliphatic rings. The minimum Gasteiger partial charge on any atom is -0.493 e. The molecule has 1 heterocycles. The molecule has 0 unspecified atom stereocenters. The molecule has 0 spiro atoms. The Morgan fingerprint density at radius 2 is 1.90 bits per heavy atom. The molecule has 0 atom stereocenters. The Balaban J connectivity index is 2.02. The van der Waals surface area contributed by atoms with Gasteiger partial charge in [-0.1, -0.05) is 36.4 Å². The standard InChI is InChI=1S/C20H19N3O7S/c1-13(24)21-16(20(26)27)9-15-7-8-17(23-11-19(25)22-31(23,28)29)18(10-15)30-12-14-5-3-2-4-6-14/h2-11,22,25H,12H2,1H3,(H,21,24)(H,26,27). The van der Waals surface area contributed by atoms with E-state index in [4.69, 9.17) is 4.74 Å². The number of nitrogens with zero attached hydrogens (tertiary/aromatic N) is 1. The van der Waals surface area contributed by atoms with Crippen molar-refractivity contribution in [3.05, 3.63) is 77.4 Å². The molecule has 0 radical (unpaired) electrons. The number of carbonyl (C=O) groups excluding carboxylic acids is 1. The number of ether oxygens (including phenoxy) is 1. The van der Waals surface area contributed by atoms with E-state index < -0.39 is 28.0 Å². The zero-order valence-electron chi connectivity index (χ0n) is 16.3. The third-order valence-corrected chi connectivity index (χ3v) is 5.33. The highest BCUT2D eigenvalue weighted by Gasteiger charge is 2.31. The Morgan fingerprint density at radius 1 is 1.19 bits per heavy atom. The molecule has 0 aromatic heterocycles. The average molecular weight is 445 g/mol. The number of rotatable bonds is 7. The van der Waals surface area contributed by atoms with Crippen LogP contribution < -0.4 is 19.1 Å². The SMILES string of the molecule is CC(=O)NC(=Cc1ccc(N2C=C(O)NS2(=O)=O)c(OCc2ccccc2)c1)C(=O)O. The Bertz CT molecular complexity index is 1170. The lowest BCUT2D eigenvalue weighted by molar-refractivity contribution is -0.134. The summed E-state index contributed by atoms with van der Waals surface area (Å²) in [5.41, 5.74) is 0.902. The molecule has 1 aliphatic heterocycles. The van der Waals surface area contributed by atoms with Crippen molar-refractivity contribution in [3.63, 3.8) is 0 Å². The number of aliphatic carboxylic acids is 1. The van der Waals surface area contributed by atoms with E-state index in [1.807, 2.05) is 35.1 Å². The highest BCUT2D eigenvalue weighted by Crippen LogP contribution is 2.34. The van der Waals surface area contributed by atoms with Crippen molar-refractivity contribution in [3.8, 4) is 5.75 Å². The monoisotopic (exact) mass is 445 g/mol. The van der Waals surface area contributed by atoms with Crippen LogP contribution in [0, 0.1) is 0 Å². The Hall–Kier alpha value is -3.99. The fourth-order valence-electron chi connectivity index (χ4n) is 2.75. The van der Waals surface area contributed by atoms with Crippen molar-refractivity contribution in [2.75, 3.05) is 4.31 Å². The molecule has 1 amide bonds. The first kappa shape index (κ1) is 21.7. The lowest BCUT2D eigenvalue weighted by Gasteiger charge is -2.19. The summed E-state index contributed by atoms with van der Waals surface area (Å²) in [5.74, 6) is -2.34. The molecule has 0 saturated heterocycles. The number of hydrogen-bond acceptors (Lipinski definition) is 6. The van der Waals surface area contributed by atoms with Crippen LogP contribution in [0.15, 0.2) is 66.3 Å². The first-order valence-corrected chi connectivity index (χ1v) is 10.4.